The normalized spacial score (nSPS) is 11.5. The van der Waals surface area contributed by atoms with Gasteiger partial charge in [0.25, 0.3) is 0 Å². The third kappa shape index (κ3) is 2.97. The fourth-order valence-electron chi connectivity index (χ4n) is 2.58. The van der Waals surface area contributed by atoms with Crippen molar-refractivity contribution in [2.75, 3.05) is 14.2 Å². The minimum Gasteiger partial charge on any atom is -0.496 e. The van der Waals surface area contributed by atoms with Crippen molar-refractivity contribution in [2.45, 2.75) is 4.90 Å². The maximum absolute atomic E-state index is 12.6. The van der Waals surface area contributed by atoms with Gasteiger partial charge in [-0.15, -0.1) is 0 Å². The van der Waals surface area contributed by atoms with Crippen LogP contribution < -0.4 is 20.0 Å². The summed E-state index contributed by atoms with van der Waals surface area (Å²) in [6, 6.07) is 11.4. The van der Waals surface area contributed by atoms with Gasteiger partial charge in [-0.2, -0.15) is 0 Å². The maximum atomic E-state index is 12.6. The quantitative estimate of drug-likeness (QED) is 0.762. The molecule has 1 heterocycles. The Morgan fingerprint density at radius 1 is 1.00 bits per heavy atom. The zero-order valence-corrected chi connectivity index (χ0v) is 14.3. The Hall–Kier alpha value is -2.84. The van der Waals surface area contributed by atoms with Crippen molar-refractivity contribution in [1.82, 2.24) is 0 Å². The second-order valence-corrected chi connectivity index (χ2v) is 6.70. The van der Waals surface area contributed by atoms with Crippen molar-refractivity contribution < 1.29 is 22.3 Å². The smallest absolute Gasteiger partial charge is 0.245 e. The van der Waals surface area contributed by atoms with Crippen LogP contribution in [0.3, 0.4) is 0 Å². The van der Waals surface area contributed by atoms with Crippen molar-refractivity contribution in [3.05, 3.63) is 52.7 Å². The topological polar surface area (TPSA) is 109 Å². The van der Waals surface area contributed by atoms with E-state index in [4.69, 9.17) is 19.0 Å². The molecule has 0 atom stereocenters. The molecule has 130 valence electrons. The van der Waals surface area contributed by atoms with E-state index in [0.717, 1.165) is 0 Å². The van der Waals surface area contributed by atoms with Gasteiger partial charge in [-0.1, -0.05) is 30.3 Å². The van der Waals surface area contributed by atoms with Gasteiger partial charge in [-0.05, 0) is 0 Å². The van der Waals surface area contributed by atoms with Crippen LogP contribution in [0.4, 0.5) is 0 Å². The molecule has 0 unspecified atom stereocenters. The van der Waals surface area contributed by atoms with Crippen molar-refractivity contribution in [3.63, 3.8) is 0 Å². The number of hydrogen-bond acceptors (Lipinski definition) is 6. The predicted molar refractivity (Wildman–Crippen MR) is 92.4 cm³/mol. The van der Waals surface area contributed by atoms with E-state index in [1.165, 1.54) is 26.4 Å². The Morgan fingerprint density at radius 2 is 1.64 bits per heavy atom. The number of fused-ring (bicyclic) bond motifs is 1. The summed E-state index contributed by atoms with van der Waals surface area (Å²) in [4.78, 5) is 12.2. The first-order valence-electron chi connectivity index (χ1n) is 7.18. The highest BCUT2D eigenvalue weighted by Crippen LogP contribution is 2.38. The first-order valence-corrected chi connectivity index (χ1v) is 8.72. The fraction of sp³-hybridized carbons (Fsp3) is 0.118. The van der Waals surface area contributed by atoms with Gasteiger partial charge in [0.15, 0.2) is 15.9 Å². The van der Waals surface area contributed by atoms with Crippen molar-refractivity contribution >= 4 is 21.0 Å². The molecule has 25 heavy (non-hydrogen) atoms. The van der Waals surface area contributed by atoms with Crippen molar-refractivity contribution in [2.24, 2.45) is 5.14 Å². The molecule has 0 saturated heterocycles. The molecule has 1 aromatic heterocycles. The zero-order valence-electron chi connectivity index (χ0n) is 13.5. The monoisotopic (exact) mass is 361 g/mol. The van der Waals surface area contributed by atoms with Crippen molar-refractivity contribution in [3.8, 4) is 22.8 Å². The van der Waals surface area contributed by atoms with E-state index < -0.39 is 20.3 Å². The van der Waals surface area contributed by atoms with Gasteiger partial charge in [0.05, 0.1) is 14.2 Å². The molecule has 0 fully saturated rings. The van der Waals surface area contributed by atoms with E-state index in [-0.39, 0.29) is 28.2 Å². The first kappa shape index (κ1) is 17.0. The third-order valence-electron chi connectivity index (χ3n) is 3.67. The molecule has 0 aliphatic carbocycles. The lowest BCUT2D eigenvalue weighted by molar-refractivity contribution is 0.387. The zero-order chi connectivity index (χ0) is 18.2. The average Bonchev–Trinajstić information content (AvgIpc) is 2.59. The van der Waals surface area contributed by atoms with Gasteiger partial charge in [0.2, 0.25) is 10.0 Å². The molecule has 3 rings (SSSR count). The van der Waals surface area contributed by atoms with Crippen LogP contribution in [-0.4, -0.2) is 22.6 Å². The van der Waals surface area contributed by atoms with Crippen molar-refractivity contribution in [1.29, 1.82) is 0 Å². The molecular weight excluding hydrogens is 346 g/mol. The highest BCUT2D eigenvalue weighted by molar-refractivity contribution is 7.89. The standard InChI is InChI=1S/C17H15NO6S/c1-22-13-9-14(23-2)17(25(18,20)21)16-15(13)11(19)8-12(24-16)10-6-4-3-5-7-10/h3-9H,1-2H3,(H2,18,20,21). The summed E-state index contributed by atoms with van der Waals surface area (Å²) in [6.45, 7) is 0. The summed E-state index contributed by atoms with van der Waals surface area (Å²) in [5, 5.41) is 5.30. The summed E-state index contributed by atoms with van der Waals surface area (Å²) in [5.41, 5.74) is -0.0433. The molecule has 7 nitrogen and oxygen atoms in total. The highest BCUT2D eigenvalue weighted by Gasteiger charge is 2.26. The van der Waals surface area contributed by atoms with E-state index in [2.05, 4.69) is 0 Å². The molecule has 0 saturated carbocycles. The number of nitrogens with two attached hydrogens (primary N) is 1. The summed E-state index contributed by atoms with van der Waals surface area (Å²) in [6.07, 6.45) is 0. The number of benzene rings is 2. The van der Waals surface area contributed by atoms with Crippen LogP contribution in [0.2, 0.25) is 0 Å². The Kier molecular flexibility index (Phi) is 4.23. The van der Waals surface area contributed by atoms with Crippen LogP contribution in [0, 0.1) is 0 Å². The van der Waals surface area contributed by atoms with E-state index in [1.807, 2.05) is 6.07 Å². The lowest BCUT2D eigenvalue weighted by atomic mass is 10.1. The molecule has 0 spiro atoms. The molecule has 0 bridgehead atoms. The summed E-state index contributed by atoms with van der Waals surface area (Å²) in [5.74, 6) is 0.270. The molecule has 0 aliphatic rings. The van der Waals surface area contributed by atoms with Gasteiger partial charge < -0.3 is 13.9 Å². The fourth-order valence-corrected chi connectivity index (χ4v) is 3.41. The maximum Gasteiger partial charge on any atom is 0.245 e. The number of sulfonamides is 1. The first-order chi connectivity index (χ1) is 11.9. The lowest BCUT2D eigenvalue weighted by Crippen LogP contribution is -2.16. The lowest BCUT2D eigenvalue weighted by Gasteiger charge is -2.13. The second kappa shape index (κ2) is 6.23. The summed E-state index contributed by atoms with van der Waals surface area (Å²) < 4.78 is 40.2. The number of rotatable bonds is 4. The van der Waals surface area contributed by atoms with E-state index >= 15 is 0 Å². The van der Waals surface area contributed by atoms with Crippen LogP contribution in [0.1, 0.15) is 0 Å². The molecule has 2 N–H and O–H groups in total. The second-order valence-electron chi connectivity index (χ2n) is 5.20. The molecule has 0 amide bonds. The van der Waals surface area contributed by atoms with E-state index in [9.17, 15) is 13.2 Å². The van der Waals surface area contributed by atoms with Crippen LogP contribution in [0.15, 0.2) is 56.6 Å². The SMILES string of the molecule is COc1cc(OC)c2c(=O)cc(-c3ccccc3)oc2c1S(N)(=O)=O. The average molecular weight is 361 g/mol. The minimum absolute atomic E-state index is 0.0213. The summed E-state index contributed by atoms with van der Waals surface area (Å²) in [7, 11) is -1.58. The molecule has 8 heteroatoms. The van der Waals surface area contributed by atoms with Crippen LogP contribution in [-0.2, 0) is 10.0 Å². The molecule has 3 aromatic rings. The third-order valence-corrected chi connectivity index (χ3v) is 4.62. The van der Waals surface area contributed by atoms with Gasteiger partial charge in [0, 0.05) is 17.7 Å². The number of methoxy groups -OCH3 is 2. The predicted octanol–water partition coefficient (Wildman–Crippen LogP) is 2.12. The van der Waals surface area contributed by atoms with Crippen LogP contribution >= 0.6 is 0 Å². The number of ether oxygens (including phenoxy) is 2. The van der Waals surface area contributed by atoms with Gasteiger partial charge in [-0.3, -0.25) is 4.79 Å². The Bertz CT molecular complexity index is 1100. The van der Waals surface area contributed by atoms with Gasteiger partial charge >= 0.3 is 0 Å². The van der Waals surface area contributed by atoms with E-state index in [0.29, 0.717) is 5.56 Å². The van der Waals surface area contributed by atoms with Gasteiger partial charge in [-0.25, -0.2) is 13.6 Å². The number of hydrogen-bond donors (Lipinski definition) is 1. The molecule has 2 aromatic carbocycles. The summed E-state index contributed by atoms with van der Waals surface area (Å²) >= 11 is 0. The molecule has 0 radical (unpaired) electrons. The van der Waals surface area contributed by atoms with Crippen LogP contribution in [0.25, 0.3) is 22.3 Å². The Morgan fingerprint density at radius 3 is 2.20 bits per heavy atom. The van der Waals surface area contributed by atoms with Gasteiger partial charge in [0.1, 0.15) is 22.6 Å². The Labute approximate surface area is 143 Å². The highest BCUT2D eigenvalue weighted by atomic mass is 32.2. The minimum atomic E-state index is -4.23. The number of primary sulfonamides is 1. The Balaban J connectivity index is 2.52. The van der Waals surface area contributed by atoms with E-state index in [1.54, 1.807) is 24.3 Å². The van der Waals surface area contributed by atoms with Crippen LogP contribution in [0.5, 0.6) is 11.5 Å². The largest absolute Gasteiger partial charge is 0.496 e. The molecular formula is C17H15NO6S. The molecule has 0 aliphatic heterocycles.